The summed E-state index contributed by atoms with van der Waals surface area (Å²) in [7, 11) is 1.63. The molecule has 0 spiro atoms. The van der Waals surface area contributed by atoms with Crippen molar-refractivity contribution < 1.29 is 4.79 Å². The number of aromatic nitrogens is 1. The molecule has 0 aliphatic rings. The molecular formula is C12H12N2O. The van der Waals surface area contributed by atoms with E-state index in [1.54, 1.807) is 19.3 Å². The van der Waals surface area contributed by atoms with Gasteiger partial charge in [-0.25, -0.2) is 0 Å². The summed E-state index contributed by atoms with van der Waals surface area (Å²) >= 11 is 0. The maximum Gasteiger partial charge on any atom is 0.251 e. The van der Waals surface area contributed by atoms with E-state index in [1.807, 2.05) is 25.1 Å². The predicted octanol–water partition coefficient (Wildman–Crippen LogP) is 1.90. The molecule has 0 unspecified atom stereocenters. The summed E-state index contributed by atoms with van der Waals surface area (Å²) in [4.78, 5) is 15.9. The first kappa shape index (κ1) is 9.65. The Hall–Kier alpha value is -1.90. The van der Waals surface area contributed by atoms with Gasteiger partial charge in [0.25, 0.3) is 5.91 Å². The highest BCUT2D eigenvalue weighted by Gasteiger charge is 2.09. The SMILES string of the molecule is CNC(=O)c1ccnc2c(C)cccc12. The third kappa shape index (κ3) is 1.56. The van der Waals surface area contributed by atoms with Gasteiger partial charge in [0.05, 0.1) is 11.1 Å². The summed E-state index contributed by atoms with van der Waals surface area (Å²) < 4.78 is 0. The lowest BCUT2D eigenvalue weighted by molar-refractivity contribution is 0.0964. The van der Waals surface area contributed by atoms with Crippen LogP contribution in [0.25, 0.3) is 10.9 Å². The highest BCUT2D eigenvalue weighted by atomic mass is 16.1. The van der Waals surface area contributed by atoms with E-state index in [0.29, 0.717) is 5.56 Å². The van der Waals surface area contributed by atoms with Crippen molar-refractivity contribution in [3.05, 3.63) is 41.6 Å². The third-order valence-electron chi connectivity index (χ3n) is 2.44. The fourth-order valence-electron chi connectivity index (χ4n) is 1.66. The second-order valence-electron chi connectivity index (χ2n) is 3.41. The van der Waals surface area contributed by atoms with Crippen molar-refractivity contribution in [2.45, 2.75) is 6.92 Å². The number of nitrogens with zero attached hydrogens (tertiary/aromatic N) is 1. The van der Waals surface area contributed by atoms with Crippen molar-refractivity contribution in [1.29, 1.82) is 0 Å². The van der Waals surface area contributed by atoms with E-state index >= 15 is 0 Å². The summed E-state index contributed by atoms with van der Waals surface area (Å²) in [5.74, 6) is -0.0759. The summed E-state index contributed by atoms with van der Waals surface area (Å²) in [6, 6.07) is 7.58. The fourth-order valence-corrected chi connectivity index (χ4v) is 1.66. The van der Waals surface area contributed by atoms with E-state index < -0.39 is 0 Å². The van der Waals surface area contributed by atoms with Crippen molar-refractivity contribution in [1.82, 2.24) is 10.3 Å². The molecule has 2 rings (SSSR count). The molecule has 3 nitrogen and oxygen atoms in total. The van der Waals surface area contributed by atoms with Crippen LogP contribution in [0.3, 0.4) is 0 Å². The van der Waals surface area contributed by atoms with Crippen LogP contribution in [0.2, 0.25) is 0 Å². The second-order valence-corrected chi connectivity index (χ2v) is 3.41. The number of benzene rings is 1. The molecule has 0 aliphatic carbocycles. The highest BCUT2D eigenvalue weighted by molar-refractivity contribution is 6.06. The molecule has 0 saturated carbocycles. The van der Waals surface area contributed by atoms with Gasteiger partial charge in [0.1, 0.15) is 0 Å². The lowest BCUT2D eigenvalue weighted by Crippen LogP contribution is -2.18. The number of rotatable bonds is 1. The molecule has 2 aromatic rings. The lowest BCUT2D eigenvalue weighted by atomic mass is 10.1. The largest absolute Gasteiger partial charge is 0.355 e. The molecule has 0 atom stereocenters. The molecule has 1 aromatic carbocycles. The van der Waals surface area contributed by atoms with Crippen molar-refractivity contribution in [3.8, 4) is 0 Å². The number of hydrogen-bond acceptors (Lipinski definition) is 2. The minimum Gasteiger partial charge on any atom is -0.355 e. The first-order valence-corrected chi connectivity index (χ1v) is 4.80. The summed E-state index contributed by atoms with van der Waals surface area (Å²) in [5.41, 5.74) is 2.64. The Bertz CT molecular complexity index is 520. The molecule has 1 heterocycles. The monoisotopic (exact) mass is 200 g/mol. The topological polar surface area (TPSA) is 42.0 Å². The van der Waals surface area contributed by atoms with Gasteiger partial charge in [-0.05, 0) is 18.6 Å². The number of hydrogen-bond donors (Lipinski definition) is 1. The minimum absolute atomic E-state index is 0.0759. The Kier molecular flexibility index (Phi) is 2.37. The molecule has 0 bridgehead atoms. The van der Waals surface area contributed by atoms with Crippen LogP contribution in [-0.4, -0.2) is 17.9 Å². The van der Waals surface area contributed by atoms with Gasteiger partial charge in [0.15, 0.2) is 0 Å². The Morgan fingerprint density at radius 3 is 2.87 bits per heavy atom. The molecule has 0 radical (unpaired) electrons. The zero-order chi connectivity index (χ0) is 10.8. The number of fused-ring (bicyclic) bond motifs is 1. The van der Waals surface area contributed by atoms with E-state index in [2.05, 4.69) is 10.3 Å². The van der Waals surface area contributed by atoms with Crippen LogP contribution >= 0.6 is 0 Å². The third-order valence-corrected chi connectivity index (χ3v) is 2.44. The van der Waals surface area contributed by atoms with Gasteiger partial charge in [-0.1, -0.05) is 18.2 Å². The number of carbonyl (C=O) groups is 1. The Morgan fingerprint density at radius 2 is 2.13 bits per heavy atom. The van der Waals surface area contributed by atoms with Crippen LogP contribution in [-0.2, 0) is 0 Å². The molecule has 1 aromatic heterocycles. The van der Waals surface area contributed by atoms with Gasteiger partial charge in [-0.2, -0.15) is 0 Å². The van der Waals surface area contributed by atoms with Gasteiger partial charge in [0.2, 0.25) is 0 Å². The van der Waals surface area contributed by atoms with Gasteiger partial charge in [-0.15, -0.1) is 0 Å². The quantitative estimate of drug-likeness (QED) is 0.764. The maximum atomic E-state index is 11.6. The average molecular weight is 200 g/mol. The van der Waals surface area contributed by atoms with Crippen molar-refractivity contribution >= 4 is 16.8 Å². The van der Waals surface area contributed by atoms with Crippen molar-refractivity contribution in [2.75, 3.05) is 7.05 Å². The number of aryl methyl sites for hydroxylation is 1. The van der Waals surface area contributed by atoms with Crippen molar-refractivity contribution in [2.24, 2.45) is 0 Å². The minimum atomic E-state index is -0.0759. The van der Waals surface area contributed by atoms with Crippen LogP contribution in [0.4, 0.5) is 0 Å². The van der Waals surface area contributed by atoms with E-state index in [9.17, 15) is 4.79 Å². The first-order chi connectivity index (χ1) is 7.24. The Morgan fingerprint density at radius 1 is 1.33 bits per heavy atom. The molecule has 1 amide bonds. The Labute approximate surface area is 88.1 Å². The summed E-state index contributed by atoms with van der Waals surface area (Å²) in [6.07, 6.45) is 1.67. The lowest BCUT2D eigenvalue weighted by Gasteiger charge is -2.05. The van der Waals surface area contributed by atoms with Crippen LogP contribution in [0.15, 0.2) is 30.5 Å². The van der Waals surface area contributed by atoms with Crippen LogP contribution < -0.4 is 5.32 Å². The zero-order valence-corrected chi connectivity index (χ0v) is 8.74. The van der Waals surface area contributed by atoms with Crippen molar-refractivity contribution in [3.63, 3.8) is 0 Å². The van der Waals surface area contributed by atoms with E-state index in [-0.39, 0.29) is 5.91 Å². The number of para-hydroxylation sites is 1. The van der Waals surface area contributed by atoms with Gasteiger partial charge < -0.3 is 5.32 Å². The standard InChI is InChI=1S/C12H12N2O/c1-8-4-3-5-9-10(12(15)13-2)6-7-14-11(8)9/h3-7H,1-2H3,(H,13,15). The smallest absolute Gasteiger partial charge is 0.251 e. The normalized spacial score (nSPS) is 10.3. The van der Waals surface area contributed by atoms with Gasteiger partial charge in [-0.3, -0.25) is 9.78 Å². The van der Waals surface area contributed by atoms with E-state index in [1.165, 1.54) is 0 Å². The molecule has 1 N–H and O–H groups in total. The van der Waals surface area contributed by atoms with Crippen LogP contribution in [0.5, 0.6) is 0 Å². The van der Waals surface area contributed by atoms with Gasteiger partial charge >= 0.3 is 0 Å². The van der Waals surface area contributed by atoms with Crippen LogP contribution in [0, 0.1) is 6.92 Å². The summed E-state index contributed by atoms with van der Waals surface area (Å²) in [6.45, 7) is 1.99. The fraction of sp³-hybridized carbons (Fsp3) is 0.167. The predicted molar refractivity (Wildman–Crippen MR) is 59.9 cm³/mol. The van der Waals surface area contributed by atoms with E-state index in [4.69, 9.17) is 0 Å². The van der Waals surface area contributed by atoms with Crippen LogP contribution in [0.1, 0.15) is 15.9 Å². The number of carbonyl (C=O) groups excluding carboxylic acids is 1. The molecule has 0 saturated heterocycles. The molecular weight excluding hydrogens is 188 g/mol. The Balaban J connectivity index is 2.77. The second kappa shape index (κ2) is 3.69. The maximum absolute atomic E-state index is 11.6. The molecule has 76 valence electrons. The number of amides is 1. The zero-order valence-electron chi connectivity index (χ0n) is 8.74. The molecule has 3 heteroatoms. The summed E-state index contributed by atoms with van der Waals surface area (Å²) in [5, 5.41) is 3.53. The molecule has 0 fully saturated rings. The highest BCUT2D eigenvalue weighted by Crippen LogP contribution is 2.19. The number of nitrogens with one attached hydrogen (secondary N) is 1. The van der Waals surface area contributed by atoms with Gasteiger partial charge in [0, 0.05) is 18.6 Å². The van der Waals surface area contributed by atoms with E-state index in [0.717, 1.165) is 16.5 Å². The first-order valence-electron chi connectivity index (χ1n) is 4.80. The molecule has 0 aliphatic heterocycles. The number of pyridine rings is 1. The average Bonchev–Trinajstić information content (AvgIpc) is 2.28. The molecule has 15 heavy (non-hydrogen) atoms.